The Kier molecular flexibility index (Phi) is 5.47. The third-order valence-electron chi connectivity index (χ3n) is 3.49. The fourth-order valence-corrected chi connectivity index (χ4v) is 2.33. The molecule has 3 amide bonds. The van der Waals surface area contributed by atoms with Gasteiger partial charge in [-0.05, 0) is 18.9 Å². The minimum Gasteiger partial charge on any atom is -0.468 e. The molecule has 2 heterocycles. The molecule has 0 saturated carbocycles. The van der Waals surface area contributed by atoms with E-state index in [2.05, 4.69) is 15.0 Å². The topological polar surface area (TPSA) is 97.6 Å². The molecule has 7 nitrogen and oxygen atoms in total. The number of urea groups is 1. The van der Waals surface area contributed by atoms with E-state index in [1.165, 1.54) is 23.2 Å². The van der Waals surface area contributed by atoms with E-state index in [9.17, 15) is 22.8 Å². The van der Waals surface area contributed by atoms with Crippen LogP contribution in [0, 0.1) is 5.92 Å². The molecule has 0 aliphatic carbocycles. The standard InChI is InChI=1S/C14H17F3N4O3/c15-14(16,17)8-24-11-4-3-10(6-19-11)20-12(22)9-2-1-5-21(7-9)13(18)23/h3-4,6,9H,1-2,5,7-8H2,(H2,18,23)(H,20,22)/t9-/m1/s1. The second kappa shape index (κ2) is 7.37. The van der Waals surface area contributed by atoms with Crippen LogP contribution >= 0.6 is 0 Å². The van der Waals surface area contributed by atoms with Crippen LogP contribution in [0.3, 0.4) is 0 Å². The molecule has 1 aromatic heterocycles. The van der Waals surface area contributed by atoms with Crippen LogP contribution in [-0.2, 0) is 4.79 Å². The number of halogens is 3. The molecule has 1 aliphatic rings. The number of pyridine rings is 1. The molecule has 1 fully saturated rings. The molecule has 2 rings (SSSR count). The van der Waals surface area contributed by atoms with E-state index < -0.39 is 24.7 Å². The van der Waals surface area contributed by atoms with Crippen molar-refractivity contribution in [3.05, 3.63) is 18.3 Å². The van der Waals surface area contributed by atoms with E-state index in [1.807, 2.05) is 0 Å². The number of nitrogens with zero attached hydrogens (tertiary/aromatic N) is 2. The zero-order chi connectivity index (χ0) is 17.7. The second-order valence-electron chi connectivity index (χ2n) is 5.40. The number of nitrogens with one attached hydrogen (secondary N) is 1. The summed E-state index contributed by atoms with van der Waals surface area (Å²) in [6, 6.07) is 2.06. The van der Waals surface area contributed by atoms with Gasteiger partial charge in [-0.15, -0.1) is 0 Å². The summed E-state index contributed by atoms with van der Waals surface area (Å²) in [7, 11) is 0. The van der Waals surface area contributed by atoms with Crippen LogP contribution in [0.15, 0.2) is 18.3 Å². The third kappa shape index (κ3) is 5.28. The van der Waals surface area contributed by atoms with Crippen molar-refractivity contribution in [1.82, 2.24) is 9.88 Å². The van der Waals surface area contributed by atoms with E-state index in [1.54, 1.807) is 0 Å². The number of carbonyl (C=O) groups is 2. The molecule has 1 saturated heterocycles. The Labute approximate surface area is 136 Å². The minimum atomic E-state index is -4.44. The summed E-state index contributed by atoms with van der Waals surface area (Å²) in [6.45, 7) is -0.677. The number of nitrogens with two attached hydrogens (primary N) is 1. The lowest BCUT2D eigenvalue weighted by Crippen LogP contribution is -2.46. The van der Waals surface area contributed by atoms with E-state index in [0.717, 1.165) is 0 Å². The first kappa shape index (κ1) is 17.8. The predicted molar refractivity (Wildman–Crippen MR) is 78.3 cm³/mol. The van der Waals surface area contributed by atoms with Gasteiger partial charge in [-0.2, -0.15) is 13.2 Å². The molecule has 1 aromatic rings. The van der Waals surface area contributed by atoms with Crippen LogP contribution in [0.4, 0.5) is 23.7 Å². The maximum Gasteiger partial charge on any atom is 0.422 e. The Hall–Kier alpha value is -2.52. The Morgan fingerprint density at radius 1 is 1.42 bits per heavy atom. The summed E-state index contributed by atoms with van der Waals surface area (Å²) in [6.07, 6.45) is -1.94. The first-order valence-corrected chi connectivity index (χ1v) is 7.25. The molecule has 3 N–H and O–H groups in total. The van der Waals surface area contributed by atoms with E-state index in [0.29, 0.717) is 25.1 Å². The van der Waals surface area contributed by atoms with Gasteiger partial charge in [0, 0.05) is 19.2 Å². The van der Waals surface area contributed by atoms with Crippen molar-refractivity contribution in [1.29, 1.82) is 0 Å². The number of amides is 3. The lowest BCUT2D eigenvalue weighted by atomic mass is 9.97. The van der Waals surface area contributed by atoms with Crippen molar-refractivity contribution in [2.75, 3.05) is 25.0 Å². The molecule has 0 bridgehead atoms. The highest BCUT2D eigenvalue weighted by Crippen LogP contribution is 2.20. The van der Waals surface area contributed by atoms with Crippen molar-refractivity contribution in [3.8, 4) is 5.88 Å². The number of likely N-dealkylation sites (tertiary alicyclic amines) is 1. The maximum absolute atomic E-state index is 12.2. The van der Waals surface area contributed by atoms with Crippen molar-refractivity contribution in [3.63, 3.8) is 0 Å². The van der Waals surface area contributed by atoms with Gasteiger partial charge in [-0.3, -0.25) is 4.79 Å². The highest BCUT2D eigenvalue weighted by molar-refractivity contribution is 5.93. The Bertz CT molecular complexity index is 592. The number of piperidine rings is 1. The summed E-state index contributed by atoms with van der Waals surface area (Å²) in [5.41, 5.74) is 5.54. The summed E-state index contributed by atoms with van der Waals surface area (Å²) in [5.74, 6) is -0.887. The highest BCUT2D eigenvalue weighted by atomic mass is 19.4. The van der Waals surface area contributed by atoms with Gasteiger partial charge in [0.25, 0.3) is 0 Å². The van der Waals surface area contributed by atoms with Crippen molar-refractivity contribution >= 4 is 17.6 Å². The van der Waals surface area contributed by atoms with Gasteiger partial charge in [0.05, 0.1) is 17.8 Å². The quantitative estimate of drug-likeness (QED) is 0.868. The predicted octanol–water partition coefficient (Wildman–Crippen LogP) is 1.75. The summed E-state index contributed by atoms with van der Waals surface area (Å²) >= 11 is 0. The zero-order valence-electron chi connectivity index (χ0n) is 12.7. The average Bonchev–Trinajstić information content (AvgIpc) is 2.53. The summed E-state index contributed by atoms with van der Waals surface area (Å²) < 4.78 is 40.6. The fourth-order valence-electron chi connectivity index (χ4n) is 2.33. The number of hydrogen-bond donors (Lipinski definition) is 2. The number of hydrogen-bond acceptors (Lipinski definition) is 4. The van der Waals surface area contributed by atoms with Crippen molar-refractivity contribution in [2.24, 2.45) is 11.7 Å². The number of carbonyl (C=O) groups excluding carboxylic acids is 2. The lowest BCUT2D eigenvalue weighted by Gasteiger charge is -2.30. The molecule has 0 unspecified atom stereocenters. The monoisotopic (exact) mass is 346 g/mol. The SMILES string of the molecule is NC(=O)N1CCC[C@@H](C(=O)Nc2ccc(OCC(F)(F)F)nc2)C1. The van der Waals surface area contributed by atoms with Crippen LogP contribution < -0.4 is 15.8 Å². The van der Waals surface area contributed by atoms with Crippen molar-refractivity contribution in [2.45, 2.75) is 19.0 Å². The fraction of sp³-hybridized carbons (Fsp3) is 0.500. The first-order chi connectivity index (χ1) is 11.2. The van der Waals surface area contributed by atoms with Gasteiger partial charge < -0.3 is 20.7 Å². The first-order valence-electron chi connectivity index (χ1n) is 7.25. The molecule has 24 heavy (non-hydrogen) atoms. The largest absolute Gasteiger partial charge is 0.468 e. The molecule has 1 aliphatic heterocycles. The molecular formula is C14H17F3N4O3. The molecule has 0 spiro atoms. The van der Waals surface area contributed by atoms with Gasteiger partial charge in [-0.25, -0.2) is 9.78 Å². The Morgan fingerprint density at radius 3 is 2.75 bits per heavy atom. The van der Waals surface area contributed by atoms with E-state index >= 15 is 0 Å². The maximum atomic E-state index is 12.2. The van der Waals surface area contributed by atoms with Crippen LogP contribution in [0.5, 0.6) is 5.88 Å². The van der Waals surface area contributed by atoms with Crippen LogP contribution in [0.25, 0.3) is 0 Å². The number of anilines is 1. The number of aromatic nitrogens is 1. The summed E-state index contributed by atoms with van der Waals surface area (Å²) in [5, 5.41) is 2.61. The number of alkyl halides is 3. The molecule has 0 radical (unpaired) electrons. The number of primary amides is 1. The van der Waals surface area contributed by atoms with E-state index in [-0.39, 0.29) is 18.3 Å². The summed E-state index contributed by atoms with van der Waals surface area (Å²) in [4.78, 5) is 28.4. The van der Waals surface area contributed by atoms with Gasteiger partial charge in [-0.1, -0.05) is 0 Å². The van der Waals surface area contributed by atoms with Gasteiger partial charge in [0.1, 0.15) is 0 Å². The van der Waals surface area contributed by atoms with Crippen LogP contribution in [0.1, 0.15) is 12.8 Å². The van der Waals surface area contributed by atoms with E-state index in [4.69, 9.17) is 5.73 Å². The third-order valence-corrected chi connectivity index (χ3v) is 3.49. The number of ether oxygens (including phenoxy) is 1. The minimum absolute atomic E-state index is 0.192. The normalized spacial score (nSPS) is 18.1. The molecule has 0 aromatic carbocycles. The molecule has 10 heteroatoms. The van der Waals surface area contributed by atoms with Crippen LogP contribution in [0.2, 0.25) is 0 Å². The lowest BCUT2D eigenvalue weighted by molar-refractivity contribution is -0.154. The average molecular weight is 346 g/mol. The van der Waals surface area contributed by atoms with Gasteiger partial charge in [0.2, 0.25) is 11.8 Å². The molecular weight excluding hydrogens is 329 g/mol. The molecule has 1 atom stereocenters. The Balaban J connectivity index is 1.88. The van der Waals surface area contributed by atoms with Gasteiger partial charge in [0.15, 0.2) is 6.61 Å². The number of rotatable bonds is 4. The Morgan fingerprint density at radius 2 is 2.17 bits per heavy atom. The molecule has 132 valence electrons. The van der Waals surface area contributed by atoms with Gasteiger partial charge >= 0.3 is 12.2 Å². The second-order valence-corrected chi connectivity index (χ2v) is 5.40. The smallest absolute Gasteiger partial charge is 0.422 e. The van der Waals surface area contributed by atoms with Crippen molar-refractivity contribution < 1.29 is 27.5 Å². The van der Waals surface area contributed by atoms with Crippen LogP contribution in [-0.4, -0.2) is 47.7 Å². The highest BCUT2D eigenvalue weighted by Gasteiger charge is 2.29. The zero-order valence-corrected chi connectivity index (χ0v) is 12.7.